The molecule has 0 spiro atoms. The van der Waals surface area contributed by atoms with Crippen LogP contribution >= 0.6 is 0 Å². The maximum Gasteiger partial charge on any atom is 0.268 e. The molecule has 0 aliphatic carbocycles. The SMILES string of the molecule is C[C@@H](O)[C@H](NC(=O)c1ccc(-c2ccc(NC(=O)CNCCN3CCN(Cc4ccccc4)CC3)cc2)cc1)C(=O)NO. The van der Waals surface area contributed by atoms with E-state index in [4.69, 9.17) is 5.21 Å². The molecule has 43 heavy (non-hydrogen) atoms. The smallest absolute Gasteiger partial charge is 0.268 e. The number of anilines is 1. The number of nitrogens with one attached hydrogen (secondary N) is 4. The highest BCUT2D eigenvalue weighted by atomic mass is 16.5. The van der Waals surface area contributed by atoms with Crippen molar-refractivity contribution in [2.24, 2.45) is 0 Å². The predicted octanol–water partition coefficient (Wildman–Crippen LogP) is 1.68. The van der Waals surface area contributed by atoms with E-state index in [1.54, 1.807) is 24.3 Å². The van der Waals surface area contributed by atoms with Crippen LogP contribution in [0.2, 0.25) is 0 Å². The van der Waals surface area contributed by atoms with Crippen LogP contribution in [-0.4, -0.2) is 95.8 Å². The molecule has 0 unspecified atom stereocenters. The van der Waals surface area contributed by atoms with Crippen LogP contribution in [0.1, 0.15) is 22.8 Å². The minimum absolute atomic E-state index is 0.110. The molecule has 1 saturated heterocycles. The monoisotopic (exact) mass is 588 g/mol. The Morgan fingerprint density at radius 1 is 0.837 bits per heavy atom. The standard InChI is InChI=1S/C32H40N6O5/c1-23(39)30(32(42)36-43)35-31(41)27-9-7-25(8-10-27)26-11-13-28(14-12-26)34-29(40)21-33-15-16-37-17-19-38(20-18-37)22-24-5-3-2-4-6-24/h2-14,23,30,33,39,43H,15-22H2,1H3,(H,34,40)(H,35,41)(H,36,42)/t23-,30+/m1/s1. The van der Waals surface area contributed by atoms with Gasteiger partial charge in [0.25, 0.3) is 11.8 Å². The Balaban J connectivity index is 1.15. The van der Waals surface area contributed by atoms with Crippen LogP contribution in [0.5, 0.6) is 0 Å². The van der Waals surface area contributed by atoms with Gasteiger partial charge in [0, 0.05) is 57.1 Å². The Hall–Kier alpha value is -4.13. The second kappa shape index (κ2) is 15.9. The van der Waals surface area contributed by atoms with Gasteiger partial charge in [0.05, 0.1) is 12.6 Å². The van der Waals surface area contributed by atoms with Crippen molar-refractivity contribution in [2.75, 3.05) is 51.1 Å². The van der Waals surface area contributed by atoms with Crippen molar-refractivity contribution in [2.45, 2.75) is 25.6 Å². The normalized spacial score (nSPS) is 15.3. The van der Waals surface area contributed by atoms with Gasteiger partial charge in [0.2, 0.25) is 5.91 Å². The minimum atomic E-state index is -1.29. The first kappa shape index (κ1) is 31.8. The predicted molar refractivity (Wildman–Crippen MR) is 164 cm³/mol. The van der Waals surface area contributed by atoms with E-state index in [0.717, 1.165) is 56.9 Å². The van der Waals surface area contributed by atoms with Crippen molar-refractivity contribution in [3.8, 4) is 11.1 Å². The van der Waals surface area contributed by atoms with Gasteiger partial charge >= 0.3 is 0 Å². The second-order valence-corrected chi connectivity index (χ2v) is 10.7. The van der Waals surface area contributed by atoms with Crippen molar-refractivity contribution in [1.29, 1.82) is 0 Å². The molecule has 3 aromatic rings. The van der Waals surface area contributed by atoms with Gasteiger partial charge in [-0.05, 0) is 47.9 Å². The Morgan fingerprint density at radius 2 is 1.44 bits per heavy atom. The Bertz CT molecular complexity index is 1330. The summed E-state index contributed by atoms with van der Waals surface area (Å²) >= 11 is 0. The zero-order chi connectivity index (χ0) is 30.6. The fraction of sp³-hybridized carbons (Fsp3) is 0.344. The van der Waals surface area contributed by atoms with Crippen molar-refractivity contribution < 1.29 is 24.7 Å². The van der Waals surface area contributed by atoms with E-state index in [9.17, 15) is 19.5 Å². The third-order valence-electron chi connectivity index (χ3n) is 7.42. The molecular weight excluding hydrogens is 548 g/mol. The molecule has 1 aliphatic heterocycles. The molecule has 11 nitrogen and oxygen atoms in total. The van der Waals surface area contributed by atoms with Gasteiger partial charge in [-0.25, -0.2) is 5.48 Å². The highest BCUT2D eigenvalue weighted by Gasteiger charge is 2.25. The maximum atomic E-state index is 12.5. The number of amides is 3. The lowest BCUT2D eigenvalue weighted by Crippen LogP contribution is -2.51. The quantitative estimate of drug-likeness (QED) is 0.101. The van der Waals surface area contributed by atoms with E-state index in [0.29, 0.717) is 11.3 Å². The van der Waals surface area contributed by atoms with E-state index in [-0.39, 0.29) is 12.5 Å². The average molecular weight is 589 g/mol. The summed E-state index contributed by atoms with van der Waals surface area (Å²) < 4.78 is 0. The molecule has 0 radical (unpaired) electrons. The van der Waals surface area contributed by atoms with Crippen molar-refractivity contribution in [1.82, 2.24) is 25.9 Å². The van der Waals surface area contributed by atoms with Gasteiger partial charge in [0.15, 0.2) is 0 Å². The first-order valence-corrected chi connectivity index (χ1v) is 14.4. The molecule has 1 fully saturated rings. The summed E-state index contributed by atoms with van der Waals surface area (Å²) in [5.41, 5.74) is 5.52. The van der Waals surface area contributed by atoms with Crippen LogP contribution < -0.4 is 21.4 Å². The number of carbonyl (C=O) groups excluding carboxylic acids is 3. The Kier molecular flexibility index (Phi) is 11.8. The van der Waals surface area contributed by atoms with Gasteiger partial charge in [-0.15, -0.1) is 0 Å². The molecule has 0 aromatic heterocycles. The number of hydrogen-bond donors (Lipinski definition) is 6. The van der Waals surface area contributed by atoms with Gasteiger partial charge in [-0.3, -0.25) is 29.4 Å². The summed E-state index contributed by atoms with van der Waals surface area (Å²) in [4.78, 5) is 41.5. The fourth-order valence-electron chi connectivity index (χ4n) is 4.92. The number of rotatable bonds is 13. The average Bonchev–Trinajstić information content (AvgIpc) is 3.03. The topological polar surface area (TPSA) is 146 Å². The molecule has 6 N–H and O–H groups in total. The first-order chi connectivity index (χ1) is 20.8. The third-order valence-corrected chi connectivity index (χ3v) is 7.42. The summed E-state index contributed by atoms with van der Waals surface area (Å²) in [6.07, 6.45) is -1.19. The zero-order valence-corrected chi connectivity index (χ0v) is 24.3. The van der Waals surface area contributed by atoms with Crippen molar-refractivity contribution >= 4 is 23.4 Å². The number of hydrogen-bond acceptors (Lipinski definition) is 8. The van der Waals surface area contributed by atoms with Crippen LogP contribution in [0.25, 0.3) is 11.1 Å². The van der Waals surface area contributed by atoms with E-state index < -0.39 is 24.0 Å². The summed E-state index contributed by atoms with van der Waals surface area (Å²) in [5, 5.41) is 27.1. The number of hydroxylamine groups is 1. The number of piperazine rings is 1. The van der Waals surface area contributed by atoms with Crippen LogP contribution in [0.3, 0.4) is 0 Å². The number of nitrogens with zero attached hydrogens (tertiary/aromatic N) is 2. The Labute approximate surface area is 251 Å². The lowest BCUT2D eigenvalue weighted by molar-refractivity contribution is -0.133. The van der Waals surface area contributed by atoms with Crippen LogP contribution in [-0.2, 0) is 16.1 Å². The van der Waals surface area contributed by atoms with Crippen molar-refractivity contribution in [3.05, 3.63) is 90.0 Å². The van der Waals surface area contributed by atoms with E-state index in [1.165, 1.54) is 18.0 Å². The highest BCUT2D eigenvalue weighted by Crippen LogP contribution is 2.22. The molecule has 0 bridgehead atoms. The zero-order valence-electron chi connectivity index (χ0n) is 24.3. The van der Waals surface area contributed by atoms with Crippen LogP contribution in [0.15, 0.2) is 78.9 Å². The minimum Gasteiger partial charge on any atom is -0.391 e. The van der Waals surface area contributed by atoms with Gasteiger partial charge in [0.1, 0.15) is 6.04 Å². The molecule has 1 aliphatic rings. The molecule has 3 amide bonds. The van der Waals surface area contributed by atoms with E-state index in [1.807, 2.05) is 30.3 Å². The first-order valence-electron chi connectivity index (χ1n) is 14.4. The molecule has 228 valence electrons. The molecular formula is C32H40N6O5. The lowest BCUT2D eigenvalue weighted by Gasteiger charge is -2.34. The highest BCUT2D eigenvalue weighted by molar-refractivity contribution is 5.98. The van der Waals surface area contributed by atoms with E-state index >= 15 is 0 Å². The fourth-order valence-corrected chi connectivity index (χ4v) is 4.92. The molecule has 2 atom stereocenters. The molecule has 1 heterocycles. The van der Waals surface area contributed by atoms with Gasteiger partial charge in [-0.1, -0.05) is 54.6 Å². The number of benzene rings is 3. The van der Waals surface area contributed by atoms with Crippen LogP contribution in [0, 0.1) is 0 Å². The summed E-state index contributed by atoms with van der Waals surface area (Å²) in [7, 11) is 0. The Morgan fingerprint density at radius 3 is 2.05 bits per heavy atom. The second-order valence-electron chi connectivity index (χ2n) is 10.7. The molecule has 0 saturated carbocycles. The van der Waals surface area contributed by atoms with Crippen LogP contribution in [0.4, 0.5) is 5.69 Å². The largest absolute Gasteiger partial charge is 0.391 e. The molecule has 3 aromatic carbocycles. The number of aliphatic hydroxyl groups is 1. The van der Waals surface area contributed by atoms with Gasteiger partial charge in [-0.2, -0.15) is 0 Å². The number of carbonyl (C=O) groups is 3. The molecule has 4 rings (SSSR count). The van der Waals surface area contributed by atoms with Crippen molar-refractivity contribution in [3.63, 3.8) is 0 Å². The van der Waals surface area contributed by atoms with E-state index in [2.05, 4.69) is 50.0 Å². The maximum absolute atomic E-state index is 12.5. The summed E-state index contributed by atoms with van der Waals surface area (Å²) in [6.45, 7) is 8.33. The number of aliphatic hydroxyl groups excluding tert-OH is 1. The lowest BCUT2D eigenvalue weighted by atomic mass is 10.0. The summed E-state index contributed by atoms with van der Waals surface area (Å²) in [6, 6.07) is 23.4. The third kappa shape index (κ3) is 9.70. The summed E-state index contributed by atoms with van der Waals surface area (Å²) in [5.74, 6) is -1.58. The molecule has 11 heteroatoms. The van der Waals surface area contributed by atoms with Gasteiger partial charge < -0.3 is 21.1 Å².